The summed E-state index contributed by atoms with van der Waals surface area (Å²) in [4.78, 5) is 41.6. The van der Waals surface area contributed by atoms with Crippen molar-refractivity contribution in [2.24, 2.45) is 0 Å². The monoisotopic (exact) mass is 481 g/mol. The van der Waals surface area contributed by atoms with Crippen LogP contribution in [0.25, 0.3) is 0 Å². The van der Waals surface area contributed by atoms with Gasteiger partial charge in [-0.2, -0.15) is 0 Å². The van der Waals surface area contributed by atoms with Crippen LogP contribution in [0.1, 0.15) is 19.3 Å². The highest BCUT2D eigenvalue weighted by Crippen LogP contribution is 2.38. The van der Waals surface area contributed by atoms with Gasteiger partial charge in [-0.05, 0) is 31.4 Å². The number of piperidine rings is 1. The third-order valence-corrected chi connectivity index (χ3v) is 5.00. The predicted octanol–water partition coefficient (Wildman–Crippen LogP) is 3.88. The van der Waals surface area contributed by atoms with Crippen LogP contribution >= 0.6 is 11.6 Å². The molecule has 176 valence electrons. The molecule has 33 heavy (non-hydrogen) atoms. The predicted molar refractivity (Wildman–Crippen MR) is 118 cm³/mol. The van der Waals surface area contributed by atoms with Gasteiger partial charge in [0.05, 0.1) is 44.2 Å². The highest BCUT2D eigenvalue weighted by molar-refractivity contribution is 6.33. The van der Waals surface area contributed by atoms with E-state index in [1.807, 2.05) is 29.2 Å². The number of nitro groups is 3. The molecular formula is C19H20ClN5O8. The maximum Gasteiger partial charge on any atom is 0.324 e. The van der Waals surface area contributed by atoms with Crippen LogP contribution in [0.2, 0.25) is 5.02 Å². The number of amides is 1. The molecule has 0 saturated carbocycles. The maximum absolute atomic E-state index is 11.9. The lowest BCUT2D eigenvalue weighted by Gasteiger charge is -2.27. The highest BCUT2D eigenvalue weighted by atomic mass is 35.5. The van der Waals surface area contributed by atoms with Crippen LogP contribution in [0, 0.1) is 30.3 Å². The first kappa shape index (κ1) is 25.3. The molecule has 2 aromatic carbocycles. The Morgan fingerprint density at radius 2 is 1.52 bits per heavy atom. The summed E-state index contributed by atoms with van der Waals surface area (Å²) in [5, 5.41) is 44.0. The van der Waals surface area contributed by atoms with E-state index in [4.69, 9.17) is 16.7 Å². The second kappa shape index (κ2) is 11.6. The summed E-state index contributed by atoms with van der Waals surface area (Å²) in [6.07, 6.45) is 3.48. The number of para-hydroxylation sites is 1. The Kier molecular flexibility index (Phi) is 8.86. The van der Waals surface area contributed by atoms with Crippen LogP contribution in [0.4, 0.5) is 22.7 Å². The molecule has 1 amide bonds. The molecule has 14 heteroatoms. The minimum atomic E-state index is -1.21. The van der Waals surface area contributed by atoms with Gasteiger partial charge in [0.15, 0.2) is 0 Å². The van der Waals surface area contributed by atoms with Crippen LogP contribution in [-0.4, -0.2) is 50.3 Å². The average molecular weight is 482 g/mol. The Bertz CT molecular complexity index is 1020. The van der Waals surface area contributed by atoms with E-state index < -0.39 is 37.6 Å². The summed E-state index contributed by atoms with van der Waals surface area (Å²) < 4.78 is 0. The molecule has 0 unspecified atom stereocenters. The quantitative estimate of drug-likeness (QED) is 0.456. The van der Waals surface area contributed by atoms with Crippen LogP contribution in [0.3, 0.4) is 0 Å². The number of halogens is 1. The van der Waals surface area contributed by atoms with Gasteiger partial charge in [-0.15, -0.1) is 0 Å². The van der Waals surface area contributed by atoms with Gasteiger partial charge in [0, 0.05) is 13.1 Å². The van der Waals surface area contributed by atoms with Crippen molar-refractivity contribution in [2.75, 3.05) is 25.0 Å². The van der Waals surface area contributed by atoms with Gasteiger partial charge in [0.25, 0.3) is 11.4 Å². The fourth-order valence-corrected chi connectivity index (χ4v) is 3.21. The van der Waals surface area contributed by atoms with Crippen LogP contribution in [0.15, 0.2) is 36.4 Å². The molecule has 0 aliphatic carbocycles. The van der Waals surface area contributed by atoms with Gasteiger partial charge in [0.1, 0.15) is 0 Å². The largest absolute Gasteiger partial charge is 0.497 e. The Hall–Kier alpha value is -4.00. The smallest absolute Gasteiger partial charge is 0.324 e. The SMILES string of the molecule is O=C(CNc1ccccc1Cl)N1CCCCC1.O=[N+]([O-])c1cc([N+](=O)[O-])c(O)c([N+](=O)[O-])c1. The number of hydrogen-bond donors (Lipinski definition) is 2. The number of nitrogens with zero attached hydrogens (tertiary/aromatic N) is 4. The molecular weight excluding hydrogens is 462 g/mol. The van der Waals surface area contributed by atoms with Gasteiger partial charge in [-0.1, -0.05) is 23.7 Å². The fraction of sp³-hybridized carbons (Fsp3) is 0.316. The molecule has 0 aromatic heterocycles. The number of nitrogens with one attached hydrogen (secondary N) is 1. The van der Waals surface area contributed by atoms with Crippen molar-refractivity contribution in [1.82, 2.24) is 4.90 Å². The van der Waals surface area contributed by atoms with Gasteiger partial charge in [-0.25, -0.2) is 0 Å². The van der Waals surface area contributed by atoms with Crippen molar-refractivity contribution in [3.05, 3.63) is 71.8 Å². The first-order valence-electron chi connectivity index (χ1n) is 9.68. The molecule has 1 fully saturated rings. The summed E-state index contributed by atoms with van der Waals surface area (Å²) in [5.74, 6) is -1.05. The van der Waals surface area contributed by atoms with Crippen molar-refractivity contribution in [3.8, 4) is 5.75 Å². The molecule has 3 rings (SSSR count). The normalized spacial score (nSPS) is 12.8. The van der Waals surface area contributed by atoms with E-state index in [2.05, 4.69) is 5.32 Å². The second-order valence-corrected chi connectivity index (χ2v) is 7.29. The molecule has 0 bridgehead atoms. The van der Waals surface area contributed by atoms with Crippen LogP contribution < -0.4 is 5.32 Å². The summed E-state index contributed by atoms with van der Waals surface area (Å²) in [7, 11) is 0. The number of rotatable bonds is 6. The van der Waals surface area contributed by atoms with Crippen molar-refractivity contribution in [3.63, 3.8) is 0 Å². The van der Waals surface area contributed by atoms with Crippen LogP contribution in [-0.2, 0) is 4.79 Å². The van der Waals surface area contributed by atoms with E-state index in [-0.39, 0.29) is 5.91 Å². The van der Waals surface area contributed by atoms with E-state index in [1.165, 1.54) is 6.42 Å². The van der Waals surface area contributed by atoms with Gasteiger partial charge in [0.2, 0.25) is 5.91 Å². The third kappa shape index (κ3) is 7.00. The third-order valence-electron chi connectivity index (χ3n) is 4.67. The zero-order chi connectivity index (χ0) is 24.5. The van der Waals surface area contributed by atoms with E-state index in [0.717, 1.165) is 31.6 Å². The summed E-state index contributed by atoms with van der Waals surface area (Å²) in [6.45, 7) is 2.11. The number of likely N-dealkylation sites (tertiary alicyclic amines) is 1. The van der Waals surface area contributed by atoms with Gasteiger partial charge >= 0.3 is 11.4 Å². The van der Waals surface area contributed by atoms with E-state index in [1.54, 1.807) is 0 Å². The minimum absolute atomic E-state index is 0.157. The van der Waals surface area contributed by atoms with Gasteiger partial charge in [-0.3, -0.25) is 35.1 Å². The Morgan fingerprint density at radius 3 is 2.00 bits per heavy atom. The number of nitro benzene ring substituents is 3. The number of carbonyl (C=O) groups excluding carboxylic acids is 1. The minimum Gasteiger partial charge on any atom is -0.497 e. The molecule has 1 aliphatic rings. The first-order chi connectivity index (χ1) is 15.6. The van der Waals surface area contributed by atoms with Crippen molar-refractivity contribution >= 4 is 40.3 Å². The average Bonchev–Trinajstić information content (AvgIpc) is 2.79. The van der Waals surface area contributed by atoms with E-state index in [9.17, 15) is 35.1 Å². The lowest BCUT2D eigenvalue weighted by atomic mass is 10.1. The molecule has 0 spiro atoms. The molecule has 2 N–H and O–H groups in total. The van der Waals surface area contributed by atoms with Crippen molar-refractivity contribution in [2.45, 2.75) is 19.3 Å². The number of phenols is 1. The molecule has 1 aliphatic heterocycles. The number of benzene rings is 2. The molecule has 1 saturated heterocycles. The molecule has 1 heterocycles. The number of phenolic OH excluding ortho intramolecular Hbond substituents is 1. The Labute approximate surface area is 192 Å². The zero-order valence-electron chi connectivity index (χ0n) is 17.2. The second-order valence-electron chi connectivity index (χ2n) is 6.88. The molecule has 13 nitrogen and oxygen atoms in total. The number of hydrogen-bond acceptors (Lipinski definition) is 9. The van der Waals surface area contributed by atoms with Crippen molar-refractivity contribution < 1.29 is 24.7 Å². The molecule has 0 atom stereocenters. The topological polar surface area (TPSA) is 182 Å². The fourth-order valence-electron chi connectivity index (χ4n) is 3.00. The number of aromatic hydroxyl groups is 1. The number of carbonyl (C=O) groups is 1. The lowest BCUT2D eigenvalue weighted by molar-refractivity contribution is -0.404. The summed E-state index contributed by atoms with van der Waals surface area (Å²) in [5.41, 5.74) is -2.18. The van der Waals surface area contributed by atoms with Crippen molar-refractivity contribution in [1.29, 1.82) is 0 Å². The number of anilines is 1. The first-order valence-corrected chi connectivity index (χ1v) is 10.1. The molecule has 2 aromatic rings. The van der Waals surface area contributed by atoms with Crippen LogP contribution in [0.5, 0.6) is 5.75 Å². The molecule has 0 radical (unpaired) electrons. The lowest BCUT2D eigenvalue weighted by Crippen LogP contribution is -2.39. The maximum atomic E-state index is 11.9. The van der Waals surface area contributed by atoms with E-state index in [0.29, 0.717) is 23.7 Å². The Morgan fingerprint density at radius 1 is 0.970 bits per heavy atom. The summed E-state index contributed by atoms with van der Waals surface area (Å²) >= 11 is 6.01. The van der Waals surface area contributed by atoms with Gasteiger partial charge < -0.3 is 15.3 Å². The van der Waals surface area contributed by atoms with E-state index >= 15 is 0 Å². The highest BCUT2D eigenvalue weighted by Gasteiger charge is 2.30. The Balaban J connectivity index is 0.000000234. The summed E-state index contributed by atoms with van der Waals surface area (Å²) in [6, 6.07) is 8.37. The standard InChI is InChI=1S/C13H17ClN2O.C6H3N3O7/c14-11-6-2-3-7-12(11)15-10-13(17)16-8-4-1-5-9-16;10-6-4(8(13)14)1-3(7(11)12)2-5(6)9(15)16/h2-3,6-7,15H,1,4-5,8-10H2;1-2,10H. The zero-order valence-corrected chi connectivity index (χ0v) is 17.9. The number of non-ortho nitro benzene ring substituents is 1.